The number of carboxylic acid groups (broad SMARTS) is 1. The van der Waals surface area contributed by atoms with Crippen LogP contribution in [0.3, 0.4) is 0 Å². The molecule has 1 aromatic carbocycles. The Morgan fingerprint density at radius 3 is 2.67 bits per heavy atom. The molecule has 0 amide bonds. The van der Waals surface area contributed by atoms with Gasteiger partial charge in [0.15, 0.2) is 0 Å². The predicted molar refractivity (Wildman–Crippen MR) is 60.9 cm³/mol. The zero-order chi connectivity index (χ0) is 13.1. The third kappa shape index (κ3) is 2.00. The van der Waals surface area contributed by atoms with E-state index in [0.717, 1.165) is 0 Å². The van der Waals surface area contributed by atoms with Gasteiger partial charge < -0.3 is 9.84 Å². The molecule has 0 aliphatic rings. The van der Waals surface area contributed by atoms with Crippen molar-refractivity contribution in [3.8, 4) is 17.0 Å². The van der Waals surface area contributed by atoms with Crippen LogP contribution in [0, 0.1) is 5.82 Å². The number of rotatable bonds is 3. The van der Waals surface area contributed by atoms with Gasteiger partial charge in [-0.15, -0.1) is 5.10 Å². The molecule has 2 aromatic rings. The van der Waals surface area contributed by atoms with Gasteiger partial charge in [-0.1, -0.05) is 18.2 Å². The fraction of sp³-hybridized carbons (Fsp3) is 0.0833. The number of aromatic carboxylic acids is 1. The highest BCUT2D eigenvalue weighted by atomic mass is 19.1. The third-order valence-corrected chi connectivity index (χ3v) is 2.39. The quantitative estimate of drug-likeness (QED) is 0.899. The lowest BCUT2D eigenvalue weighted by Gasteiger charge is -2.09. The van der Waals surface area contributed by atoms with Gasteiger partial charge in [-0.3, -0.25) is 0 Å². The number of nitrogens with zero attached hydrogens (tertiary/aromatic N) is 2. The summed E-state index contributed by atoms with van der Waals surface area (Å²) in [6.07, 6.45) is 1.20. The van der Waals surface area contributed by atoms with E-state index in [1.54, 1.807) is 6.07 Å². The minimum Gasteiger partial charge on any atom is -0.479 e. The zero-order valence-corrected chi connectivity index (χ0v) is 9.42. The van der Waals surface area contributed by atoms with Crippen molar-refractivity contribution in [3.63, 3.8) is 0 Å². The van der Waals surface area contributed by atoms with Gasteiger partial charge in [-0.25, -0.2) is 9.18 Å². The van der Waals surface area contributed by atoms with E-state index in [4.69, 9.17) is 9.84 Å². The smallest absolute Gasteiger partial charge is 0.341 e. The normalized spacial score (nSPS) is 10.1. The number of carbonyl (C=O) groups is 1. The Hall–Kier alpha value is -2.50. The van der Waals surface area contributed by atoms with E-state index in [0.29, 0.717) is 0 Å². The molecule has 0 saturated carbocycles. The molecule has 0 bridgehead atoms. The van der Waals surface area contributed by atoms with Crippen LogP contribution in [0.1, 0.15) is 10.4 Å². The SMILES string of the molecule is COc1nncc(-c2ccccc2F)c1C(=O)O. The van der Waals surface area contributed by atoms with Gasteiger partial charge in [0.1, 0.15) is 11.4 Å². The van der Waals surface area contributed by atoms with Gasteiger partial charge in [0.2, 0.25) is 5.88 Å². The van der Waals surface area contributed by atoms with Crippen molar-refractivity contribution in [2.24, 2.45) is 0 Å². The number of halogens is 1. The lowest BCUT2D eigenvalue weighted by atomic mass is 10.0. The lowest BCUT2D eigenvalue weighted by Crippen LogP contribution is -2.06. The van der Waals surface area contributed by atoms with E-state index >= 15 is 0 Å². The summed E-state index contributed by atoms with van der Waals surface area (Å²) in [5.41, 5.74) is 0.0631. The highest BCUT2D eigenvalue weighted by Crippen LogP contribution is 2.29. The molecule has 1 aromatic heterocycles. The predicted octanol–water partition coefficient (Wildman–Crippen LogP) is 1.99. The van der Waals surface area contributed by atoms with Crippen LogP contribution in [0.15, 0.2) is 30.5 Å². The van der Waals surface area contributed by atoms with Crippen LogP contribution in [-0.2, 0) is 0 Å². The number of ether oxygens (including phenoxy) is 1. The molecule has 1 N–H and O–H groups in total. The zero-order valence-electron chi connectivity index (χ0n) is 9.42. The van der Waals surface area contributed by atoms with E-state index in [2.05, 4.69) is 10.2 Å². The highest BCUT2D eigenvalue weighted by molar-refractivity contribution is 5.98. The Balaban J connectivity index is 2.72. The standard InChI is InChI=1S/C12H9FN2O3/c1-18-11-10(12(16)17)8(6-14-15-11)7-4-2-3-5-9(7)13/h2-6H,1H3,(H,16,17). The first-order valence-electron chi connectivity index (χ1n) is 5.03. The van der Waals surface area contributed by atoms with Gasteiger partial charge in [0.25, 0.3) is 0 Å². The Morgan fingerprint density at radius 1 is 1.33 bits per heavy atom. The third-order valence-electron chi connectivity index (χ3n) is 2.39. The molecule has 0 atom stereocenters. The molecule has 2 rings (SSSR count). The van der Waals surface area contributed by atoms with Crippen molar-refractivity contribution in [3.05, 3.63) is 41.8 Å². The maximum Gasteiger partial charge on any atom is 0.341 e. The highest BCUT2D eigenvalue weighted by Gasteiger charge is 2.21. The summed E-state index contributed by atoms with van der Waals surface area (Å²) in [4.78, 5) is 11.2. The largest absolute Gasteiger partial charge is 0.479 e. The van der Waals surface area contributed by atoms with E-state index in [-0.39, 0.29) is 22.6 Å². The molecule has 0 unspecified atom stereocenters. The van der Waals surface area contributed by atoms with Crippen LogP contribution in [0.5, 0.6) is 5.88 Å². The first kappa shape index (κ1) is 12.0. The average Bonchev–Trinajstić information content (AvgIpc) is 2.38. The maximum atomic E-state index is 13.7. The molecule has 1 heterocycles. The molecule has 0 aliphatic heterocycles. The number of hydrogen-bond acceptors (Lipinski definition) is 4. The molecule has 18 heavy (non-hydrogen) atoms. The summed E-state index contributed by atoms with van der Waals surface area (Å²) < 4.78 is 18.5. The summed E-state index contributed by atoms with van der Waals surface area (Å²) >= 11 is 0. The van der Waals surface area contributed by atoms with Crippen molar-refractivity contribution in [2.75, 3.05) is 7.11 Å². The van der Waals surface area contributed by atoms with E-state index < -0.39 is 11.8 Å². The second-order valence-electron chi connectivity index (χ2n) is 3.43. The maximum absolute atomic E-state index is 13.7. The molecule has 0 radical (unpaired) electrons. The van der Waals surface area contributed by atoms with E-state index in [9.17, 15) is 9.18 Å². The van der Waals surface area contributed by atoms with Crippen LogP contribution in [0.4, 0.5) is 4.39 Å². The van der Waals surface area contributed by atoms with Gasteiger partial charge in [0, 0.05) is 11.1 Å². The van der Waals surface area contributed by atoms with Gasteiger partial charge in [-0.2, -0.15) is 5.10 Å². The van der Waals surface area contributed by atoms with Crippen LogP contribution in [0.2, 0.25) is 0 Å². The molecule has 0 fully saturated rings. The monoisotopic (exact) mass is 248 g/mol. The summed E-state index contributed by atoms with van der Waals surface area (Å²) in [5.74, 6) is -1.93. The molecule has 0 saturated heterocycles. The van der Waals surface area contributed by atoms with Gasteiger partial charge in [-0.05, 0) is 6.07 Å². The topological polar surface area (TPSA) is 72.3 Å². The van der Waals surface area contributed by atoms with Crippen molar-refractivity contribution >= 4 is 5.97 Å². The lowest BCUT2D eigenvalue weighted by molar-refractivity contribution is 0.0693. The van der Waals surface area contributed by atoms with Gasteiger partial charge in [0.05, 0.1) is 13.3 Å². The number of benzene rings is 1. The van der Waals surface area contributed by atoms with Crippen molar-refractivity contribution in [1.29, 1.82) is 0 Å². The summed E-state index contributed by atoms with van der Waals surface area (Å²) in [5, 5.41) is 16.3. The first-order chi connectivity index (χ1) is 8.65. The Morgan fingerprint density at radius 2 is 2.06 bits per heavy atom. The molecular formula is C12H9FN2O3. The molecule has 0 aliphatic carbocycles. The summed E-state index contributed by atoms with van der Waals surface area (Å²) in [6, 6.07) is 5.84. The Labute approximate surface area is 102 Å². The second kappa shape index (κ2) is 4.79. The molecule has 92 valence electrons. The molecule has 6 heteroatoms. The van der Waals surface area contributed by atoms with Crippen molar-refractivity contribution in [2.45, 2.75) is 0 Å². The molecular weight excluding hydrogens is 239 g/mol. The van der Waals surface area contributed by atoms with Gasteiger partial charge >= 0.3 is 5.97 Å². The van der Waals surface area contributed by atoms with Crippen LogP contribution in [0.25, 0.3) is 11.1 Å². The Bertz CT molecular complexity index is 602. The van der Waals surface area contributed by atoms with E-state index in [1.165, 1.54) is 31.5 Å². The van der Waals surface area contributed by atoms with Crippen molar-refractivity contribution < 1.29 is 19.0 Å². The van der Waals surface area contributed by atoms with Crippen LogP contribution in [-0.4, -0.2) is 28.4 Å². The Kier molecular flexibility index (Phi) is 3.18. The first-order valence-corrected chi connectivity index (χ1v) is 5.03. The number of hydrogen-bond donors (Lipinski definition) is 1. The minimum absolute atomic E-state index is 0.132. The average molecular weight is 248 g/mol. The fourth-order valence-electron chi connectivity index (χ4n) is 1.60. The second-order valence-corrected chi connectivity index (χ2v) is 3.43. The molecule has 5 nitrogen and oxygen atoms in total. The summed E-state index contributed by atoms with van der Waals surface area (Å²) in [6.45, 7) is 0. The minimum atomic E-state index is -1.25. The van der Waals surface area contributed by atoms with Crippen molar-refractivity contribution in [1.82, 2.24) is 10.2 Å². The van der Waals surface area contributed by atoms with E-state index in [1.807, 2.05) is 0 Å². The van der Waals surface area contributed by atoms with Crippen LogP contribution < -0.4 is 4.74 Å². The van der Waals surface area contributed by atoms with Crippen LogP contribution >= 0.6 is 0 Å². The number of methoxy groups -OCH3 is 1. The molecule has 0 spiro atoms. The summed E-state index contributed by atoms with van der Waals surface area (Å²) in [7, 11) is 1.28. The fourth-order valence-corrected chi connectivity index (χ4v) is 1.60. The number of carboxylic acids is 1. The number of aromatic nitrogens is 2.